The third-order valence-electron chi connectivity index (χ3n) is 6.79. The largest absolute Gasteiger partial charge is 0.480 e. The lowest BCUT2D eigenvalue weighted by Gasteiger charge is -2.53. The molecule has 0 unspecified atom stereocenters. The van der Waals surface area contributed by atoms with Crippen molar-refractivity contribution in [1.82, 2.24) is 19.7 Å². The van der Waals surface area contributed by atoms with Crippen molar-refractivity contribution in [3.05, 3.63) is 41.7 Å². The molecule has 4 heterocycles. The van der Waals surface area contributed by atoms with Crippen molar-refractivity contribution in [2.24, 2.45) is 10.7 Å². The van der Waals surface area contributed by atoms with E-state index in [9.17, 15) is 9.00 Å². The highest BCUT2D eigenvalue weighted by Gasteiger charge is 2.57. The number of thiol groups is 1. The van der Waals surface area contributed by atoms with E-state index < -0.39 is 37.4 Å². The Morgan fingerprint density at radius 1 is 1.26 bits per heavy atom. The second-order valence-corrected chi connectivity index (χ2v) is 12.6. The Morgan fingerprint density at radius 2 is 2.03 bits per heavy atom. The molecule has 1 amide bonds. The van der Waals surface area contributed by atoms with Gasteiger partial charge in [0.15, 0.2) is 0 Å². The molecule has 0 spiro atoms. The molecule has 0 bridgehead atoms. The second-order valence-electron chi connectivity index (χ2n) is 9.21. The van der Waals surface area contributed by atoms with E-state index in [1.165, 1.54) is 31.6 Å². The van der Waals surface area contributed by atoms with Crippen LogP contribution in [0.2, 0.25) is 0 Å². The molecule has 12 heteroatoms. The monoisotopic (exact) mass is 491 g/mol. The van der Waals surface area contributed by atoms with Crippen LogP contribution in [-0.4, -0.2) is 54.6 Å². The number of amidine groups is 1. The van der Waals surface area contributed by atoms with Crippen LogP contribution in [0.4, 0.5) is 10.2 Å². The van der Waals surface area contributed by atoms with Gasteiger partial charge in [0.05, 0.1) is 29.5 Å². The molecule has 184 valence electrons. The first kappa shape index (κ1) is 24.1. The molecule has 2 aromatic heterocycles. The van der Waals surface area contributed by atoms with E-state index in [0.717, 1.165) is 12.8 Å². The van der Waals surface area contributed by atoms with Crippen molar-refractivity contribution < 1.29 is 18.1 Å². The van der Waals surface area contributed by atoms with Crippen molar-refractivity contribution in [2.45, 2.75) is 55.6 Å². The number of amides is 1. The molecular formula is C22H30FN7O3S. The second kappa shape index (κ2) is 8.66. The van der Waals surface area contributed by atoms with Crippen molar-refractivity contribution in [3.63, 3.8) is 0 Å². The molecule has 2 aromatic rings. The van der Waals surface area contributed by atoms with Gasteiger partial charge in [0, 0.05) is 6.54 Å². The highest BCUT2D eigenvalue weighted by molar-refractivity contribution is 8.03. The van der Waals surface area contributed by atoms with Crippen LogP contribution in [-0.2, 0) is 15.7 Å². The summed E-state index contributed by atoms with van der Waals surface area (Å²) in [5, 5.41) is 2.11. The molecule has 4 N–H and O–H groups in total. The van der Waals surface area contributed by atoms with Crippen LogP contribution < -0.4 is 20.5 Å². The fourth-order valence-corrected chi connectivity index (χ4v) is 8.36. The Hall–Kier alpha value is -2.99. The van der Waals surface area contributed by atoms with Crippen molar-refractivity contribution in [2.75, 3.05) is 19.0 Å². The van der Waals surface area contributed by atoms with Crippen LogP contribution in [0.3, 0.4) is 0 Å². The van der Waals surface area contributed by atoms with Gasteiger partial charge in [-0.25, -0.2) is 19.3 Å². The summed E-state index contributed by atoms with van der Waals surface area (Å²) in [5.74, 6) is -0.621. The number of pyridine rings is 1. The SMILES string of the molecule is COc1cnc(C(=O)Nc2ccc(F)c([C@@]3(C)N=C(N)C(C)(C)[SH]4(=O)NCCCC[C@H]34)n2)cn1. The fraction of sp³-hybridized carbons (Fsp3) is 0.500. The third-order valence-corrected chi connectivity index (χ3v) is 11.0. The Kier molecular flexibility index (Phi) is 6.15. The summed E-state index contributed by atoms with van der Waals surface area (Å²) in [6.07, 6.45) is 4.83. The normalized spacial score (nSPS) is 26.4. The number of hydrogen-bond acceptors (Lipinski definition) is 8. The summed E-state index contributed by atoms with van der Waals surface area (Å²) < 4.78 is 36.9. The molecule has 2 atom stereocenters. The van der Waals surface area contributed by atoms with Crippen LogP contribution in [0.25, 0.3) is 0 Å². The Morgan fingerprint density at radius 3 is 2.71 bits per heavy atom. The summed E-state index contributed by atoms with van der Waals surface area (Å²) in [4.78, 5) is 29.7. The molecule has 4 rings (SSSR count). The topological polar surface area (TPSA) is 144 Å². The number of aliphatic imine (C=N–C) groups is 1. The molecule has 0 saturated carbocycles. The van der Waals surface area contributed by atoms with Crippen molar-refractivity contribution >= 4 is 27.7 Å². The minimum absolute atomic E-state index is 0.0153. The highest BCUT2D eigenvalue weighted by Crippen LogP contribution is 2.47. The number of nitrogens with two attached hydrogens (primary N) is 1. The van der Waals surface area contributed by atoms with Crippen LogP contribution in [0.5, 0.6) is 5.88 Å². The van der Waals surface area contributed by atoms with Gasteiger partial charge < -0.3 is 15.8 Å². The van der Waals surface area contributed by atoms with Crippen LogP contribution in [0.15, 0.2) is 29.5 Å². The first-order valence-corrected chi connectivity index (χ1v) is 12.9. The number of carbonyl (C=O) groups is 1. The molecule has 0 radical (unpaired) electrons. The zero-order valence-corrected chi connectivity index (χ0v) is 20.5. The maximum absolute atomic E-state index is 15.2. The number of hydrogen-bond donors (Lipinski definition) is 4. The Labute approximate surface area is 198 Å². The first-order valence-electron chi connectivity index (χ1n) is 11.1. The third kappa shape index (κ3) is 3.84. The number of fused-ring (bicyclic) bond motifs is 1. The molecule has 10 nitrogen and oxygen atoms in total. The lowest BCUT2D eigenvalue weighted by atomic mass is 9.88. The van der Waals surface area contributed by atoms with Crippen molar-refractivity contribution in [3.8, 4) is 5.88 Å². The number of anilines is 1. The molecule has 0 aromatic carbocycles. The minimum atomic E-state index is -3.16. The zero-order valence-electron chi connectivity index (χ0n) is 19.6. The van der Waals surface area contributed by atoms with E-state index in [1.54, 1.807) is 6.92 Å². The predicted molar refractivity (Wildman–Crippen MR) is 129 cm³/mol. The van der Waals surface area contributed by atoms with Crippen molar-refractivity contribution in [1.29, 1.82) is 0 Å². The fourth-order valence-electron chi connectivity index (χ4n) is 4.65. The molecular weight excluding hydrogens is 461 g/mol. The predicted octanol–water partition coefficient (Wildman–Crippen LogP) is 1.71. The lowest BCUT2D eigenvalue weighted by molar-refractivity contribution is 0.102. The van der Waals surface area contributed by atoms with Crippen LogP contribution >= 0.6 is 0 Å². The van der Waals surface area contributed by atoms with E-state index >= 15 is 4.39 Å². The lowest BCUT2D eigenvalue weighted by Crippen LogP contribution is -2.67. The summed E-state index contributed by atoms with van der Waals surface area (Å²) in [6, 6.07) is 2.56. The Balaban J connectivity index is 1.74. The average Bonchev–Trinajstić information content (AvgIpc) is 3.02. The van der Waals surface area contributed by atoms with E-state index in [2.05, 4.69) is 25.0 Å². The standard InChI is InChI=1S/C22H30FN7O3S/c1-21(2)20(24)30-22(3,15-7-5-6-10-27-34(15,21)32)18-13(23)8-9-16(28-18)29-19(31)14-11-26-17(33-4)12-25-14/h8-9,11-12,15,34H,5-7,10H2,1-4H3,(H2,24,30)(H,27,32)(H,28,29,31)/t15-,22+/m1/s1. The number of ether oxygens (including phenoxy) is 1. The van der Waals surface area contributed by atoms with Crippen LogP contribution in [0, 0.1) is 5.82 Å². The van der Waals surface area contributed by atoms with Gasteiger partial charge in [-0.05, 0) is 55.9 Å². The number of rotatable bonds is 4. The number of methoxy groups -OCH3 is 1. The number of aromatic nitrogens is 3. The summed E-state index contributed by atoms with van der Waals surface area (Å²) >= 11 is 0. The number of nitrogens with zero attached hydrogens (tertiary/aromatic N) is 4. The molecule has 1 fully saturated rings. The van der Waals surface area contributed by atoms with Gasteiger partial charge in [-0.1, -0.05) is 6.42 Å². The van der Waals surface area contributed by atoms with Gasteiger partial charge in [-0.3, -0.25) is 18.7 Å². The number of carbonyl (C=O) groups excluding carboxylic acids is 1. The summed E-state index contributed by atoms with van der Waals surface area (Å²) in [6.45, 7) is 5.93. The molecule has 34 heavy (non-hydrogen) atoms. The van der Waals surface area contributed by atoms with Gasteiger partial charge in [0.2, 0.25) is 5.88 Å². The molecule has 2 aliphatic rings. The Bertz CT molecular complexity index is 1190. The van der Waals surface area contributed by atoms with E-state index in [-0.39, 0.29) is 28.9 Å². The van der Waals surface area contributed by atoms with E-state index in [4.69, 9.17) is 15.5 Å². The van der Waals surface area contributed by atoms with Gasteiger partial charge in [-0.15, -0.1) is 0 Å². The van der Waals surface area contributed by atoms with Gasteiger partial charge >= 0.3 is 0 Å². The molecule has 1 saturated heterocycles. The smallest absolute Gasteiger partial charge is 0.277 e. The first-order chi connectivity index (χ1) is 16.0. The highest BCUT2D eigenvalue weighted by atomic mass is 32.3. The average molecular weight is 492 g/mol. The molecule has 0 aliphatic carbocycles. The summed E-state index contributed by atoms with van der Waals surface area (Å²) in [7, 11) is -1.71. The van der Waals surface area contributed by atoms with Gasteiger partial charge in [0.25, 0.3) is 5.91 Å². The number of halogens is 1. The quantitative estimate of drug-likeness (QED) is 0.477. The van der Waals surface area contributed by atoms with Gasteiger partial charge in [0.1, 0.15) is 34.4 Å². The van der Waals surface area contributed by atoms with E-state index in [0.29, 0.717) is 13.0 Å². The van der Waals surface area contributed by atoms with Crippen LogP contribution in [0.1, 0.15) is 56.2 Å². The zero-order chi connectivity index (χ0) is 24.7. The molecule has 2 aliphatic heterocycles. The minimum Gasteiger partial charge on any atom is -0.480 e. The van der Waals surface area contributed by atoms with E-state index in [1.807, 2.05) is 13.8 Å². The number of nitrogens with one attached hydrogen (secondary N) is 2. The summed E-state index contributed by atoms with van der Waals surface area (Å²) in [5.41, 5.74) is 5.07. The van der Waals surface area contributed by atoms with Gasteiger partial charge in [-0.2, -0.15) is 0 Å². The maximum atomic E-state index is 15.2. The maximum Gasteiger partial charge on any atom is 0.277 e.